The molecule has 0 atom stereocenters. The Bertz CT molecular complexity index is 361. The van der Waals surface area contributed by atoms with Crippen molar-refractivity contribution in [2.24, 2.45) is 5.73 Å². The Morgan fingerprint density at radius 1 is 1.36 bits per heavy atom. The predicted molar refractivity (Wildman–Crippen MR) is 57.6 cm³/mol. The number of rotatable bonds is 1. The quantitative estimate of drug-likeness (QED) is 0.780. The standard InChI is InChI=1S/C10H11Cl2NO/c11-8-3-1-2-7(9(8)12)10(13)4-6(14)5-10/h1-3,6,14H,4-5,13H2. The summed E-state index contributed by atoms with van der Waals surface area (Å²) in [4.78, 5) is 0. The van der Waals surface area contributed by atoms with Crippen molar-refractivity contribution < 1.29 is 5.11 Å². The summed E-state index contributed by atoms with van der Waals surface area (Å²) in [5.41, 5.74) is 6.41. The molecule has 2 nitrogen and oxygen atoms in total. The third kappa shape index (κ3) is 1.52. The van der Waals surface area contributed by atoms with E-state index in [-0.39, 0.29) is 6.10 Å². The second-order valence-corrected chi connectivity index (χ2v) is 4.60. The Labute approximate surface area is 92.6 Å². The van der Waals surface area contributed by atoms with Gasteiger partial charge in [-0.05, 0) is 24.5 Å². The predicted octanol–water partition coefficient (Wildman–Crippen LogP) is 2.30. The van der Waals surface area contributed by atoms with Crippen LogP contribution in [0.4, 0.5) is 0 Å². The van der Waals surface area contributed by atoms with E-state index in [1.54, 1.807) is 6.07 Å². The van der Waals surface area contributed by atoms with Gasteiger partial charge in [-0.25, -0.2) is 0 Å². The molecular weight excluding hydrogens is 221 g/mol. The zero-order chi connectivity index (χ0) is 10.3. The van der Waals surface area contributed by atoms with Crippen molar-refractivity contribution in [2.75, 3.05) is 0 Å². The van der Waals surface area contributed by atoms with Gasteiger partial charge in [-0.3, -0.25) is 0 Å². The number of hydrogen-bond acceptors (Lipinski definition) is 2. The van der Waals surface area contributed by atoms with E-state index in [1.807, 2.05) is 12.1 Å². The molecule has 0 saturated heterocycles. The van der Waals surface area contributed by atoms with Crippen molar-refractivity contribution in [3.05, 3.63) is 33.8 Å². The van der Waals surface area contributed by atoms with Crippen molar-refractivity contribution in [1.82, 2.24) is 0 Å². The second-order valence-electron chi connectivity index (χ2n) is 3.82. The van der Waals surface area contributed by atoms with Crippen LogP contribution in [-0.2, 0) is 5.54 Å². The first-order valence-electron chi connectivity index (χ1n) is 4.44. The molecule has 1 aliphatic rings. The van der Waals surface area contributed by atoms with Gasteiger partial charge in [-0.2, -0.15) is 0 Å². The minimum Gasteiger partial charge on any atom is -0.393 e. The van der Waals surface area contributed by atoms with Gasteiger partial charge in [0.1, 0.15) is 0 Å². The van der Waals surface area contributed by atoms with E-state index in [4.69, 9.17) is 28.9 Å². The number of hydrogen-bond donors (Lipinski definition) is 2. The maximum Gasteiger partial charge on any atom is 0.0642 e. The molecular formula is C10H11Cl2NO. The lowest BCUT2D eigenvalue weighted by Gasteiger charge is -2.43. The van der Waals surface area contributed by atoms with Crippen LogP contribution in [0, 0.1) is 0 Å². The SMILES string of the molecule is NC1(c2cccc(Cl)c2Cl)CC(O)C1. The minimum atomic E-state index is -0.499. The first kappa shape index (κ1) is 10.2. The Hall–Kier alpha value is -0.280. The average Bonchev–Trinajstić information content (AvgIpc) is 2.07. The zero-order valence-corrected chi connectivity index (χ0v) is 9.02. The molecule has 0 bridgehead atoms. The van der Waals surface area contributed by atoms with Crippen molar-refractivity contribution in [3.63, 3.8) is 0 Å². The fraction of sp³-hybridized carbons (Fsp3) is 0.400. The molecule has 1 aliphatic carbocycles. The summed E-state index contributed by atoms with van der Waals surface area (Å²) in [7, 11) is 0. The number of aliphatic hydroxyl groups is 1. The number of benzene rings is 1. The van der Waals surface area contributed by atoms with Gasteiger partial charge in [0.2, 0.25) is 0 Å². The molecule has 0 radical (unpaired) electrons. The second kappa shape index (κ2) is 3.38. The van der Waals surface area contributed by atoms with Crippen molar-refractivity contribution in [2.45, 2.75) is 24.5 Å². The van der Waals surface area contributed by atoms with Gasteiger partial charge in [-0.1, -0.05) is 35.3 Å². The lowest BCUT2D eigenvalue weighted by Crippen LogP contribution is -2.51. The Balaban J connectivity index is 2.37. The minimum absolute atomic E-state index is 0.310. The van der Waals surface area contributed by atoms with Gasteiger partial charge in [0.05, 0.1) is 16.1 Å². The van der Waals surface area contributed by atoms with E-state index >= 15 is 0 Å². The Kier molecular flexibility index (Phi) is 2.48. The topological polar surface area (TPSA) is 46.2 Å². The van der Waals surface area contributed by atoms with Crippen LogP contribution in [0.25, 0.3) is 0 Å². The molecule has 0 aromatic heterocycles. The van der Waals surface area contributed by atoms with Crippen LogP contribution in [0.1, 0.15) is 18.4 Å². The first-order chi connectivity index (χ1) is 6.53. The molecule has 0 unspecified atom stereocenters. The molecule has 1 fully saturated rings. The van der Waals surface area contributed by atoms with E-state index in [1.165, 1.54) is 0 Å². The summed E-state index contributed by atoms with van der Waals surface area (Å²) in [5.74, 6) is 0. The summed E-state index contributed by atoms with van der Waals surface area (Å²) in [6, 6.07) is 5.41. The fourth-order valence-corrected chi connectivity index (χ4v) is 2.38. The van der Waals surface area contributed by atoms with Gasteiger partial charge in [-0.15, -0.1) is 0 Å². The molecule has 4 heteroatoms. The molecule has 0 amide bonds. The lowest BCUT2D eigenvalue weighted by atomic mass is 9.70. The van der Waals surface area contributed by atoms with Gasteiger partial charge < -0.3 is 10.8 Å². The Morgan fingerprint density at radius 3 is 2.57 bits per heavy atom. The van der Waals surface area contributed by atoms with Crippen LogP contribution >= 0.6 is 23.2 Å². The van der Waals surface area contributed by atoms with Crippen LogP contribution in [-0.4, -0.2) is 11.2 Å². The molecule has 0 heterocycles. The van der Waals surface area contributed by atoms with E-state index in [9.17, 15) is 5.11 Å². The Morgan fingerprint density at radius 2 is 2.00 bits per heavy atom. The molecule has 1 aromatic carbocycles. The summed E-state index contributed by atoms with van der Waals surface area (Å²) in [6.07, 6.45) is 0.787. The molecule has 0 aliphatic heterocycles. The van der Waals surface area contributed by atoms with Crippen LogP contribution in [0.2, 0.25) is 10.0 Å². The highest BCUT2D eigenvalue weighted by Crippen LogP contribution is 2.43. The highest BCUT2D eigenvalue weighted by atomic mass is 35.5. The van der Waals surface area contributed by atoms with Crippen molar-refractivity contribution in [1.29, 1.82) is 0 Å². The highest BCUT2D eigenvalue weighted by Gasteiger charge is 2.42. The van der Waals surface area contributed by atoms with Crippen molar-refractivity contribution >= 4 is 23.2 Å². The maximum atomic E-state index is 9.25. The molecule has 2 rings (SSSR count). The van der Waals surface area contributed by atoms with Crippen LogP contribution in [0.15, 0.2) is 18.2 Å². The monoisotopic (exact) mass is 231 g/mol. The third-order valence-electron chi connectivity index (χ3n) is 2.69. The van der Waals surface area contributed by atoms with E-state index in [0.717, 1.165) is 5.56 Å². The molecule has 3 N–H and O–H groups in total. The van der Waals surface area contributed by atoms with E-state index in [2.05, 4.69) is 0 Å². The van der Waals surface area contributed by atoms with Crippen LogP contribution in [0.3, 0.4) is 0 Å². The van der Waals surface area contributed by atoms with E-state index < -0.39 is 5.54 Å². The number of nitrogens with two attached hydrogens (primary N) is 1. The number of halogens is 2. The summed E-state index contributed by atoms with van der Waals surface area (Å²) in [6.45, 7) is 0. The summed E-state index contributed by atoms with van der Waals surface area (Å²) in [5, 5.41) is 10.3. The molecule has 1 aromatic rings. The van der Waals surface area contributed by atoms with Gasteiger partial charge in [0.25, 0.3) is 0 Å². The highest BCUT2D eigenvalue weighted by molar-refractivity contribution is 6.42. The smallest absolute Gasteiger partial charge is 0.0642 e. The molecule has 1 saturated carbocycles. The number of aliphatic hydroxyl groups excluding tert-OH is 1. The third-order valence-corrected chi connectivity index (χ3v) is 3.51. The van der Waals surface area contributed by atoms with E-state index in [0.29, 0.717) is 22.9 Å². The van der Waals surface area contributed by atoms with Crippen molar-refractivity contribution in [3.8, 4) is 0 Å². The first-order valence-corrected chi connectivity index (χ1v) is 5.20. The normalized spacial score (nSPS) is 31.3. The fourth-order valence-electron chi connectivity index (χ4n) is 1.89. The molecule has 76 valence electrons. The maximum absolute atomic E-state index is 9.25. The average molecular weight is 232 g/mol. The van der Waals surface area contributed by atoms with Gasteiger partial charge >= 0.3 is 0 Å². The van der Waals surface area contributed by atoms with Crippen LogP contribution in [0.5, 0.6) is 0 Å². The van der Waals surface area contributed by atoms with Gasteiger partial charge in [0.15, 0.2) is 0 Å². The largest absolute Gasteiger partial charge is 0.393 e. The van der Waals surface area contributed by atoms with Crippen LogP contribution < -0.4 is 5.73 Å². The molecule has 14 heavy (non-hydrogen) atoms. The lowest BCUT2D eigenvalue weighted by molar-refractivity contribution is 0.0210. The summed E-state index contributed by atoms with van der Waals surface area (Å²) >= 11 is 11.9. The summed E-state index contributed by atoms with van der Waals surface area (Å²) < 4.78 is 0. The molecule has 0 spiro atoms. The van der Waals surface area contributed by atoms with Gasteiger partial charge in [0, 0.05) is 5.54 Å². The zero-order valence-electron chi connectivity index (χ0n) is 7.50.